The number of imide groups is 1. The van der Waals surface area contributed by atoms with Crippen LogP contribution in [0.2, 0.25) is 0 Å². The fourth-order valence-corrected chi connectivity index (χ4v) is 6.80. The van der Waals surface area contributed by atoms with E-state index in [0.717, 1.165) is 0 Å². The van der Waals surface area contributed by atoms with Gasteiger partial charge >= 0.3 is 12.4 Å². The number of ether oxygens (including phenoxy) is 1. The van der Waals surface area contributed by atoms with Gasteiger partial charge in [-0.05, 0) is 48.1 Å². The summed E-state index contributed by atoms with van der Waals surface area (Å²) in [5.74, 6) is -8.97. The quantitative estimate of drug-likeness (QED) is 0.285. The molecule has 6 atom stereocenters. The zero-order valence-electron chi connectivity index (χ0n) is 21.5. The number of rotatable bonds is 3. The Labute approximate surface area is 233 Å². The predicted octanol–water partition coefficient (Wildman–Crippen LogP) is 5.17. The lowest BCUT2D eigenvalue weighted by Gasteiger charge is -2.44. The molecule has 0 bridgehead atoms. The van der Waals surface area contributed by atoms with Gasteiger partial charge in [0, 0.05) is 17.2 Å². The van der Waals surface area contributed by atoms with E-state index < -0.39 is 83.2 Å². The highest BCUT2D eigenvalue weighted by Gasteiger charge is 2.67. The van der Waals surface area contributed by atoms with Crippen LogP contribution in [0.3, 0.4) is 0 Å². The van der Waals surface area contributed by atoms with E-state index in [1.54, 1.807) is 30.3 Å². The number of fused-ring (bicyclic) bond motifs is 4. The number of phenolic OH excluding ortho intramolecular Hbond substituents is 1. The Kier molecular flexibility index (Phi) is 6.37. The molecule has 3 aromatic rings. The number of alkyl halides is 6. The number of hydrogen-bond donors (Lipinski definition) is 3. The van der Waals surface area contributed by atoms with Crippen molar-refractivity contribution in [3.05, 3.63) is 71.3 Å². The summed E-state index contributed by atoms with van der Waals surface area (Å²) < 4.78 is 87.3. The molecule has 3 fully saturated rings. The molecule has 2 aliphatic heterocycles. The van der Waals surface area contributed by atoms with E-state index in [0.29, 0.717) is 33.4 Å². The number of carbonyl (C=O) groups is 2. The van der Waals surface area contributed by atoms with Crippen molar-refractivity contribution in [2.24, 2.45) is 23.7 Å². The number of nitrogens with zero attached hydrogens (tertiary/aromatic N) is 1. The average molecular weight is 595 g/mol. The van der Waals surface area contributed by atoms with Gasteiger partial charge in [-0.3, -0.25) is 14.5 Å². The molecule has 0 unspecified atom stereocenters. The first kappa shape index (κ1) is 28.4. The molecule has 3 N–H and O–H groups in total. The third-order valence-corrected chi connectivity index (χ3v) is 8.70. The van der Waals surface area contributed by atoms with Crippen molar-refractivity contribution in [1.82, 2.24) is 0 Å². The molecule has 0 spiro atoms. The number of benzene rings is 3. The third kappa shape index (κ3) is 4.24. The van der Waals surface area contributed by atoms with Crippen molar-refractivity contribution in [3.63, 3.8) is 0 Å². The first-order chi connectivity index (χ1) is 19.6. The van der Waals surface area contributed by atoms with Gasteiger partial charge in [0.25, 0.3) is 0 Å². The second-order valence-electron chi connectivity index (χ2n) is 10.9. The van der Waals surface area contributed by atoms with Crippen LogP contribution < -0.4 is 4.90 Å². The summed E-state index contributed by atoms with van der Waals surface area (Å²) in [5.41, 5.74) is -3.71. The minimum atomic E-state index is -5.20. The van der Waals surface area contributed by atoms with Gasteiger partial charge in [0.15, 0.2) is 5.79 Å². The normalized spacial score (nSPS) is 29.7. The minimum absolute atomic E-state index is 0.0108. The van der Waals surface area contributed by atoms with Crippen molar-refractivity contribution in [3.8, 4) is 5.75 Å². The Bertz CT molecular complexity index is 1570. The summed E-state index contributed by atoms with van der Waals surface area (Å²) in [7, 11) is 0. The topological polar surface area (TPSA) is 107 Å². The molecule has 0 radical (unpaired) electrons. The summed E-state index contributed by atoms with van der Waals surface area (Å²) in [6.07, 6.45) is -11.6. The van der Waals surface area contributed by atoms with E-state index in [9.17, 15) is 51.3 Å². The average Bonchev–Trinajstić information content (AvgIpc) is 3.40. The van der Waals surface area contributed by atoms with Gasteiger partial charge < -0.3 is 20.1 Å². The number of anilines is 1. The first-order valence-corrected chi connectivity index (χ1v) is 13.0. The number of aliphatic hydroxyl groups is 2. The van der Waals surface area contributed by atoms with Crippen LogP contribution in [0.15, 0.2) is 54.6 Å². The smallest absolute Gasteiger partial charge is 0.416 e. The zero-order valence-corrected chi connectivity index (χ0v) is 21.5. The van der Waals surface area contributed by atoms with Crippen LogP contribution >= 0.6 is 0 Å². The van der Waals surface area contributed by atoms with E-state index >= 15 is 0 Å². The summed E-state index contributed by atoms with van der Waals surface area (Å²) in [5, 5.41) is 33.2. The Morgan fingerprint density at radius 3 is 2.10 bits per heavy atom. The molecule has 2 amide bonds. The summed E-state index contributed by atoms with van der Waals surface area (Å²) in [6, 6.07) is 10.3. The van der Waals surface area contributed by atoms with Crippen LogP contribution in [0.5, 0.6) is 5.75 Å². The van der Waals surface area contributed by atoms with Gasteiger partial charge in [-0.2, -0.15) is 26.3 Å². The highest BCUT2D eigenvalue weighted by Crippen LogP contribution is 2.59. The van der Waals surface area contributed by atoms with Crippen LogP contribution in [-0.4, -0.2) is 39.5 Å². The predicted molar refractivity (Wildman–Crippen MR) is 134 cm³/mol. The molecule has 13 heteroatoms. The largest absolute Gasteiger partial charge is 0.507 e. The maximum absolute atomic E-state index is 13.7. The first-order valence-electron chi connectivity index (χ1n) is 13.0. The molecule has 0 aromatic heterocycles. The van der Waals surface area contributed by atoms with E-state index in [1.165, 1.54) is 6.07 Å². The molecule has 1 aliphatic carbocycles. The van der Waals surface area contributed by atoms with Crippen LogP contribution in [0.25, 0.3) is 10.8 Å². The molecule has 2 heterocycles. The number of amides is 2. The van der Waals surface area contributed by atoms with Crippen LogP contribution in [0, 0.1) is 23.7 Å². The van der Waals surface area contributed by atoms with Crippen molar-refractivity contribution in [2.45, 2.75) is 37.1 Å². The van der Waals surface area contributed by atoms with Crippen molar-refractivity contribution >= 4 is 28.3 Å². The second kappa shape index (κ2) is 9.41. The van der Waals surface area contributed by atoms with Crippen LogP contribution in [0.1, 0.15) is 35.6 Å². The van der Waals surface area contributed by atoms with Gasteiger partial charge in [0.05, 0.1) is 41.4 Å². The second-order valence-corrected chi connectivity index (χ2v) is 10.9. The summed E-state index contributed by atoms with van der Waals surface area (Å²) in [4.78, 5) is 27.6. The number of halogens is 6. The highest BCUT2D eigenvalue weighted by molar-refractivity contribution is 6.22. The Morgan fingerprint density at radius 2 is 1.50 bits per heavy atom. The Hall–Kier alpha value is -3.68. The number of aliphatic hydroxyl groups excluding tert-OH is 1. The lowest BCUT2D eigenvalue weighted by atomic mass is 9.64. The highest BCUT2D eigenvalue weighted by atomic mass is 19.4. The number of carbonyl (C=O) groups excluding carboxylic acids is 2. The molecule has 42 heavy (non-hydrogen) atoms. The maximum Gasteiger partial charge on any atom is 0.416 e. The van der Waals surface area contributed by atoms with Gasteiger partial charge in [-0.15, -0.1) is 0 Å². The molecular formula is C29H23F6NO6. The lowest BCUT2D eigenvalue weighted by molar-refractivity contribution is -0.273. The number of aromatic hydroxyl groups is 1. The molecule has 1 saturated carbocycles. The third-order valence-electron chi connectivity index (χ3n) is 8.70. The van der Waals surface area contributed by atoms with Gasteiger partial charge in [0.1, 0.15) is 5.75 Å². The van der Waals surface area contributed by atoms with Crippen molar-refractivity contribution in [2.75, 3.05) is 11.5 Å². The molecule has 3 aromatic carbocycles. The molecule has 222 valence electrons. The minimum Gasteiger partial charge on any atom is -0.507 e. The molecule has 3 aliphatic rings. The fourth-order valence-electron chi connectivity index (χ4n) is 6.80. The van der Waals surface area contributed by atoms with E-state index in [-0.39, 0.29) is 24.7 Å². The van der Waals surface area contributed by atoms with Gasteiger partial charge in [-0.25, -0.2) is 0 Å². The molecule has 7 nitrogen and oxygen atoms in total. The van der Waals surface area contributed by atoms with Gasteiger partial charge in [0.2, 0.25) is 11.8 Å². The van der Waals surface area contributed by atoms with Crippen molar-refractivity contribution in [1.29, 1.82) is 0 Å². The van der Waals surface area contributed by atoms with Crippen molar-refractivity contribution < 1.29 is 56.0 Å². The SMILES string of the molecule is O=C1[C@H]2[C@H](C[C@H](CO)[C@@]3(O)O[C@H](c4ccc(O)c5ccccc45)C[C@@H]23)C(=O)N1c1cc(C(F)(F)F)cc(C(F)(F)F)c1. The van der Waals surface area contributed by atoms with E-state index in [1.807, 2.05) is 0 Å². The van der Waals surface area contributed by atoms with E-state index in [4.69, 9.17) is 4.74 Å². The summed E-state index contributed by atoms with van der Waals surface area (Å²) in [6.45, 7) is -0.664. The van der Waals surface area contributed by atoms with E-state index in [2.05, 4.69) is 0 Å². The van der Waals surface area contributed by atoms with Crippen LogP contribution in [-0.2, 0) is 26.7 Å². The van der Waals surface area contributed by atoms with Crippen LogP contribution in [0.4, 0.5) is 32.0 Å². The standard InChI is InChI=1S/C29H23F6NO6/c30-28(31,32)13-7-14(29(33,34)35)9-16(8-13)36-25(39)20-10-15(12-37)27(41)21(24(20)26(36)40)11-23(42-27)19-5-6-22(38)18-4-2-1-3-17(18)19/h1-9,15,20-21,23-24,37-38,41H,10-12H2/t15-,20+,21+,23+,24+,27-/m1/s1. The fraction of sp³-hybridized carbons (Fsp3) is 0.379. The lowest BCUT2D eigenvalue weighted by Crippen LogP contribution is -2.54. The van der Waals surface area contributed by atoms with Gasteiger partial charge in [-0.1, -0.05) is 30.3 Å². The molecule has 6 rings (SSSR count). The monoisotopic (exact) mass is 595 g/mol. The molecular weight excluding hydrogens is 572 g/mol. The maximum atomic E-state index is 13.7. The number of phenols is 1. The Morgan fingerprint density at radius 1 is 0.881 bits per heavy atom. The number of hydrogen-bond acceptors (Lipinski definition) is 6. The Balaban J connectivity index is 1.42. The molecule has 2 saturated heterocycles. The summed E-state index contributed by atoms with van der Waals surface area (Å²) >= 11 is 0. The zero-order chi connectivity index (χ0) is 30.4.